The maximum absolute atomic E-state index is 5.55. The topological polar surface area (TPSA) is 43.3 Å². The molecule has 0 aliphatic heterocycles. The standard InChI is InChI=1S/C26H30N2O3S.HI/c1-5-31-25-16-10-22(11-17-25)27-26(32-4)28(18-20-6-12-23(29-2)13-7-20)19-21-8-14-24(30-3)15-9-21;/h6-17H,5,18-19H2,1-4H3;1H. The maximum Gasteiger partial charge on any atom is 0.164 e. The number of amidine groups is 1. The predicted molar refractivity (Wildman–Crippen MR) is 149 cm³/mol. The highest BCUT2D eigenvalue weighted by Crippen LogP contribution is 2.24. The molecular weight excluding hydrogens is 547 g/mol. The minimum atomic E-state index is 0. The first-order valence-corrected chi connectivity index (χ1v) is 11.7. The van der Waals surface area contributed by atoms with Gasteiger partial charge in [-0.1, -0.05) is 36.0 Å². The lowest BCUT2D eigenvalue weighted by Crippen LogP contribution is -2.27. The van der Waals surface area contributed by atoms with Crippen molar-refractivity contribution in [2.24, 2.45) is 4.99 Å². The van der Waals surface area contributed by atoms with Gasteiger partial charge in [-0.3, -0.25) is 0 Å². The Kier molecular flexibility index (Phi) is 11.4. The van der Waals surface area contributed by atoms with Crippen molar-refractivity contribution >= 4 is 46.6 Å². The molecule has 0 atom stereocenters. The number of thioether (sulfide) groups is 1. The second-order valence-corrected chi connectivity index (χ2v) is 7.85. The molecule has 5 nitrogen and oxygen atoms in total. The molecule has 7 heteroatoms. The molecule has 33 heavy (non-hydrogen) atoms. The molecule has 0 saturated heterocycles. The van der Waals surface area contributed by atoms with E-state index in [0.717, 1.165) is 41.2 Å². The Balaban J connectivity index is 0.00000385. The maximum atomic E-state index is 5.55. The van der Waals surface area contributed by atoms with Crippen molar-refractivity contribution in [2.75, 3.05) is 27.1 Å². The molecule has 3 rings (SSSR count). The van der Waals surface area contributed by atoms with E-state index in [1.165, 1.54) is 11.1 Å². The number of halogens is 1. The number of methoxy groups -OCH3 is 2. The Morgan fingerprint density at radius 1 is 0.758 bits per heavy atom. The summed E-state index contributed by atoms with van der Waals surface area (Å²) in [5, 5.41) is 0.945. The molecule has 3 aromatic carbocycles. The SMILES string of the molecule is CCOc1ccc(N=C(SC)N(Cc2ccc(OC)cc2)Cc2ccc(OC)cc2)cc1.I. The van der Waals surface area contributed by atoms with E-state index >= 15 is 0 Å². The van der Waals surface area contributed by atoms with Crippen LogP contribution in [0.3, 0.4) is 0 Å². The lowest BCUT2D eigenvalue weighted by atomic mass is 10.1. The second-order valence-electron chi connectivity index (χ2n) is 7.08. The van der Waals surface area contributed by atoms with Crippen LogP contribution in [0.25, 0.3) is 0 Å². The van der Waals surface area contributed by atoms with Crippen molar-refractivity contribution in [1.29, 1.82) is 0 Å². The summed E-state index contributed by atoms with van der Waals surface area (Å²) < 4.78 is 16.2. The van der Waals surface area contributed by atoms with Gasteiger partial charge in [-0.05, 0) is 72.8 Å². The van der Waals surface area contributed by atoms with E-state index in [-0.39, 0.29) is 24.0 Å². The van der Waals surface area contributed by atoms with Gasteiger partial charge in [0.05, 0.1) is 26.5 Å². The molecule has 0 amide bonds. The van der Waals surface area contributed by atoms with Crippen molar-refractivity contribution in [3.8, 4) is 17.2 Å². The van der Waals surface area contributed by atoms with E-state index in [1.807, 2.05) is 55.5 Å². The van der Waals surface area contributed by atoms with Gasteiger partial charge >= 0.3 is 0 Å². The molecule has 0 aliphatic carbocycles. The molecule has 0 radical (unpaired) electrons. The predicted octanol–water partition coefficient (Wildman–Crippen LogP) is 6.77. The summed E-state index contributed by atoms with van der Waals surface area (Å²) in [6.07, 6.45) is 2.06. The monoisotopic (exact) mass is 578 g/mol. The van der Waals surface area contributed by atoms with Gasteiger partial charge in [-0.2, -0.15) is 0 Å². The van der Waals surface area contributed by atoms with Crippen LogP contribution in [-0.2, 0) is 13.1 Å². The lowest BCUT2D eigenvalue weighted by Gasteiger charge is -2.26. The van der Waals surface area contributed by atoms with Crippen LogP contribution in [0.1, 0.15) is 18.1 Å². The number of nitrogens with zero attached hydrogens (tertiary/aromatic N) is 2. The van der Waals surface area contributed by atoms with Crippen molar-refractivity contribution in [3.63, 3.8) is 0 Å². The lowest BCUT2D eigenvalue weighted by molar-refractivity contribution is 0.340. The molecular formula is C26H31IN2O3S. The van der Waals surface area contributed by atoms with Gasteiger partial charge in [0.25, 0.3) is 0 Å². The Morgan fingerprint density at radius 2 is 1.21 bits per heavy atom. The number of aliphatic imine (C=N–C) groups is 1. The Morgan fingerprint density at radius 3 is 1.61 bits per heavy atom. The molecule has 3 aromatic rings. The van der Waals surface area contributed by atoms with E-state index in [2.05, 4.69) is 35.4 Å². The first-order valence-electron chi connectivity index (χ1n) is 10.5. The van der Waals surface area contributed by atoms with E-state index in [1.54, 1.807) is 26.0 Å². The van der Waals surface area contributed by atoms with E-state index in [0.29, 0.717) is 6.61 Å². The largest absolute Gasteiger partial charge is 0.497 e. The van der Waals surface area contributed by atoms with E-state index in [4.69, 9.17) is 19.2 Å². The quantitative estimate of drug-likeness (QED) is 0.159. The molecule has 0 spiro atoms. The van der Waals surface area contributed by atoms with Gasteiger partial charge < -0.3 is 19.1 Å². The Labute approximate surface area is 218 Å². The van der Waals surface area contributed by atoms with Crippen molar-refractivity contribution in [2.45, 2.75) is 20.0 Å². The van der Waals surface area contributed by atoms with Gasteiger partial charge in [0.15, 0.2) is 5.17 Å². The molecule has 0 aromatic heterocycles. The van der Waals surface area contributed by atoms with Crippen LogP contribution in [0.2, 0.25) is 0 Å². The second kappa shape index (κ2) is 14.0. The zero-order valence-electron chi connectivity index (χ0n) is 19.5. The number of hydrogen-bond donors (Lipinski definition) is 0. The van der Waals surface area contributed by atoms with Gasteiger partial charge in [-0.25, -0.2) is 4.99 Å². The van der Waals surface area contributed by atoms with Gasteiger partial charge in [0, 0.05) is 13.1 Å². The third-order valence-electron chi connectivity index (χ3n) is 4.89. The minimum absolute atomic E-state index is 0. The fraction of sp³-hybridized carbons (Fsp3) is 0.269. The molecule has 0 saturated carbocycles. The summed E-state index contributed by atoms with van der Waals surface area (Å²) >= 11 is 1.64. The minimum Gasteiger partial charge on any atom is -0.497 e. The first-order chi connectivity index (χ1) is 15.6. The number of ether oxygens (including phenoxy) is 3. The highest BCUT2D eigenvalue weighted by atomic mass is 127. The summed E-state index contributed by atoms with van der Waals surface area (Å²) in [5.41, 5.74) is 3.27. The van der Waals surface area contributed by atoms with Crippen LogP contribution in [0.4, 0.5) is 5.69 Å². The summed E-state index contributed by atoms with van der Waals surface area (Å²) in [4.78, 5) is 7.22. The molecule has 0 unspecified atom stereocenters. The normalized spacial score (nSPS) is 10.8. The van der Waals surface area contributed by atoms with Gasteiger partial charge in [0.2, 0.25) is 0 Å². The smallest absolute Gasteiger partial charge is 0.164 e. The van der Waals surface area contributed by atoms with Crippen molar-refractivity contribution in [1.82, 2.24) is 4.90 Å². The summed E-state index contributed by atoms with van der Waals surface area (Å²) in [7, 11) is 3.36. The third kappa shape index (κ3) is 8.16. The Hall–Kier alpha value is -2.39. The van der Waals surface area contributed by atoms with Crippen LogP contribution in [-0.4, -0.2) is 37.1 Å². The molecule has 0 fully saturated rings. The molecule has 0 aliphatic rings. The average Bonchev–Trinajstić information content (AvgIpc) is 2.84. The van der Waals surface area contributed by atoms with Crippen molar-refractivity contribution in [3.05, 3.63) is 83.9 Å². The first kappa shape index (κ1) is 26.9. The molecule has 0 heterocycles. The molecule has 0 bridgehead atoms. The Bertz CT molecular complexity index is 944. The number of benzene rings is 3. The number of rotatable bonds is 9. The van der Waals surface area contributed by atoms with Crippen LogP contribution >= 0.6 is 35.7 Å². The molecule has 0 N–H and O–H groups in total. The third-order valence-corrected chi connectivity index (χ3v) is 5.61. The van der Waals surface area contributed by atoms with Crippen molar-refractivity contribution < 1.29 is 14.2 Å². The zero-order valence-corrected chi connectivity index (χ0v) is 22.6. The number of hydrogen-bond acceptors (Lipinski definition) is 5. The summed E-state index contributed by atoms with van der Waals surface area (Å²) in [6.45, 7) is 4.09. The van der Waals surface area contributed by atoms with Crippen LogP contribution in [0.15, 0.2) is 77.8 Å². The zero-order chi connectivity index (χ0) is 22.8. The van der Waals surface area contributed by atoms with Gasteiger partial charge in [0.1, 0.15) is 17.2 Å². The van der Waals surface area contributed by atoms with Crippen LogP contribution < -0.4 is 14.2 Å². The van der Waals surface area contributed by atoms with Crippen LogP contribution in [0, 0.1) is 0 Å². The highest BCUT2D eigenvalue weighted by molar-refractivity contribution is 14.0. The summed E-state index contributed by atoms with van der Waals surface area (Å²) in [5.74, 6) is 2.55. The summed E-state index contributed by atoms with van der Waals surface area (Å²) in [6, 6.07) is 24.2. The average molecular weight is 579 g/mol. The van der Waals surface area contributed by atoms with E-state index in [9.17, 15) is 0 Å². The highest BCUT2D eigenvalue weighted by Gasteiger charge is 2.13. The van der Waals surface area contributed by atoms with Gasteiger partial charge in [-0.15, -0.1) is 24.0 Å². The molecule has 176 valence electrons. The van der Waals surface area contributed by atoms with Crippen LogP contribution in [0.5, 0.6) is 17.2 Å². The fourth-order valence-electron chi connectivity index (χ4n) is 3.23. The fourth-order valence-corrected chi connectivity index (χ4v) is 3.82. The van der Waals surface area contributed by atoms with E-state index < -0.39 is 0 Å².